The number of benzene rings is 1. The first kappa shape index (κ1) is 19.6. The lowest BCUT2D eigenvalue weighted by atomic mass is 10.2. The highest BCUT2D eigenvalue weighted by Gasteiger charge is 2.13. The van der Waals surface area contributed by atoms with Gasteiger partial charge in [-0.05, 0) is 42.3 Å². The van der Waals surface area contributed by atoms with Crippen LogP contribution in [0, 0.1) is 0 Å². The summed E-state index contributed by atoms with van der Waals surface area (Å²) >= 11 is 0. The van der Waals surface area contributed by atoms with Gasteiger partial charge < -0.3 is 19.5 Å². The van der Waals surface area contributed by atoms with E-state index in [0.29, 0.717) is 12.6 Å². The van der Waals surface area contributed by atoms with Crippen LogP contribution in [0.25, 0.3) is 0 Å². The predicted octanol–water partition coefficient (Wildman–Crippen LogP) is 2.48. The van der Waals surface area contributed by atoms with Crippen LogP contribution < -0.4 is 14.8 Å². The summed E-state index contributed by atoms with van der Waals surface area (Å²) in [5.74, 6) is 1.50. The van der Waals surface area contributed by atoms with E-state index in [9.17, 15) is 0 Å². The monoisotopic (exact) mass is 371 g/mol. The van der Waals surface area contributed by atoms with Crippen LogP contribution in [0.15, 0.2) is 42.7 Å². The molecule has 0 saturated carbocycles. The van der Waals surface area contributed by atoms with Crippen LogP contribution in [-0.4, -0.2) is 55.9 Å². The predicted molar refractivity (Wildman–Crippen MR) is 105 cm³/mol. The van der Waals surface area contributed by atoms with Crippen LogP contribution in [0.1, 0.15) is 18.1 Å². The summed E-state index contributed by atoms with van der Waals surface area (Å²) in [5, 5.41) is 3.59. The first-order valence-corrected chi connectivity index (χ1v) is 9.46. The Hall–Kier alpha value is -2.15. The Morgan fingerprint density at radius 2 is 1.89 bits per heavy atom. The minimum atomic E-state index is 0.414. The van der Waals surface area contributed by atoms with Crippen LogP contribution in [0.4, 0.5) is 0 Å². The summed E-state index contributed by atoms with van der Waals surface area (Å²) in [6, 6.07) is 10.4. The Bertz CT molecular complexity index is 690. The molecule has 6 nitrogen and oxygen atoms in total. The molecule has 0 radical (unpaired) electrons. The largest absolute Gasteiger partial charge is 0.493 e. The Balaban J connectivity index is 1.50. The van der Waals surface area contributed by atoms with Gasteiger partial charge in [-0.2, -0.15) is 0 Å². The molecular weight excluding hydrogens is 342 g/mol. The van der Waals surface area contributed by atoms with E-state index >= 15 is 0 Å². The van der Waals surface area contributed by atoms with Crippen molar-refractivity contribution in [2.75, 3.05) is 40.0 Å². The number of hydrogen-bond donors (Lipinski definition) is 1. The zero-order chi connectivity index (χ0) is 18.9. The van der Waals surface area contributed by atoms with E-state index in [1.165, 1.54) is 5.56 Å². The quantitative estimate of drug-likeness (QED) is 0.731. The molecule has 1 aliphatic heterocycles. The number of pyridine rings is 1. The SMILES string of the molecule is COc1cc(CNC(C)CN2CCOCC2)ccc1OCc1ccncc1. The maximum atomic E-state index is 5.90. The number of hydrogen-bond acceptors (Lipinski definition) is 6. The number of ether oxygens (including phenoxy) is 3. The van der Waals surface area contributed by atoms with Gasteiger partial charge in [0, 0.05) is 44.6 Å². The number of nitrogens with zero attached hydrogens (tertiary/aromatic N) is 2. The number of rotatable bonds is 9. The zero-order valence-electron chi connectivity index (χ0n) is 16.2. The number of methoxy groups -OCH3 is 1. The molecule has 1 unspecified atom stereocenters. The molecule has 1 aromatic carbocycles. The van der Waals surface area contributed by atoms with Gasteiger partial charge in [-0.25, -0.2) is 0 Å². The highest BCUT2D eigenvalue weighted by atomic mass is 16.5. The summed E-state index contributed by atoms with van der Waals surface area (Å²) in [6.07, 6.45) is 3.53. The van der Waals surface area contributed by atoms with Crippen molar-refractivity contribution >= 4 is 0 Å². The summed E-state index contributed by atoms with van der Waals surface area (Å²) in [4.78, 5) is 6.46. The first-order chi connectivity index (χ1) is 13.2. The maximum Gasteiger partial charge on any atom is 0.161 e. The highest BCUT2D eigenvalue weighted by Crippen LogP contribution is 2.28. The Morgan fingerprint density at radius 3 is 2.63 bits per heavy atom. The van der Waals surface area contributed by atoms with E-state index < -0.39 is 0 Å². The lowest BCUT2D eigenvalue weighted by Crippen LogP contribution is -2.44. The minimum Gasteiger partial charge on any atom is -0.493 e. The second-order valence-electron chi connectivity index (χ2n) is 6.82. The molecule has 3 rings (SSSR count). The van der Waals surface area contributed by atoms with Crippen molar-refractivity contribution in [1.29, 1.82) is 0 Å². The van der Waals surface area contributed by atoms with Gasteiger partial charge in [0.25, 0.3) is 0 Å². The van der Waals surface area contributed by atoms with Crippen LogP contribution >= 0.6 is 0 Å². The Morgan fingerprint density at radius 1 is 1.11 bits per heavy atom. The third-order valence-electron chi connectivity index (χ3n) is 4.66. The van der Waals surface area contributed by atoms with Crippen molar-refractivity contribution in [3.05, 3.63) is 53.9 Å². The smallest absolute Gasteiger partial charge is 0.161 e. The van der Waals surface area contributed by atoms with Crippen LogP contribution in [0.2, 0.25) is 0 Å². The van der Waals surface area contributed by atoms with Crippen LogP contribution in [0.5, 0.6) is 11.5 Å². The minimum absolute atomic E-state index is 0.414. The second-order valence-corrected chi connectivity index (χ2v) is 6.82. The number of nitrogens with one attached hydrogen (secondary N) is 1. The van der Waals surface area contributed by atoms with Gasteiger partial charge in [-0.15, -0.1) is 0 Å². The number of morpholine rings is 1. The van der Waals surface area contributed by atoms with E-state index in [1.54, 1.807) is 19.5 Å². The fraction of sp³-hybridized carbons (Fsp3) is 0.476. The van der Waals surface area contributed by atoms with Crippen LogP contribution in [-0.2, 0) is 17.9 Å². The van der Waals surface area contributed by atoms with Gasteiger partial charge in [0.15, 0.2) is 11.5 Å². The zero-order valence-corrected chi connectivity index (χ0v) is 16.2. The van der Waals surface area contributed by atoms with E-state index in [0.717, 1.165) is 56.5 Å². The molecule has 6 heteroatoms. The van der Waals surface area contributed by atoms with Gasteiger partial charge in [0.1, 0.15) is 6.61 Å². The fourth-order valence-corrected chi connectivity index (χ4v) is 3.11. The van der Waals surface area contributed by atoms with E-state index in [1.807, 2.05) is 24.3 Å². The van der Waals surface area contributed by atoms with Crippen LogP contribution in [0.3, 0.4) is 0 Å². The topological polar surface area (TPSA) is 55.9 Å². The molecule has 0 aliphatic carbocycles. The molecule has 0 spiro atoms. The third-order valence-corrected chi connectivity index (χ3v) is 4.66. The molecule has 0 bridgehead atoms. The van der Waals surface area contributed by atoms with Crippen molar-refractivity contribution in [1.82, 2.24) is 15.2 Å². The summed E-state index contributed by atoms with van der Waals surface area (Å²) in [6.45, 7) is 8.26. The van der Waals surface area contributed by atoms with Crippen molar-refractivity contribution < 1.29 is 14.2 Å². The van der Waals surface area contributed by atoms with E-state index in [-0.39, 0.29) is 0 Å². The van der Waals surface area contributed by atoms with E-state index in [2.05, 4.69) is 28.2 Å². The Labute approximate surface area is 161 Å². The van der Waals surface area contributed by atoms with Gasteiger partial charge in [0.05, 0.1) is 20.3 Å². The standard InChI is InChI=1S/C21H29N3O3/c1-17(15-24-9-11-26-12-10-24)23-14-19-3-4-20(21(13-19)25-2)27-16-18-5-7-22-8-6-18/h3-8,13,17,23H,9-12,14-16H2,1-2H3. The normalized spacial score (nSPS) is 16.1. The molecule has 2 aromatic rings. The highest BCUT2D eigenvalue weighted by molar-refractivity contribution is 5.43. The average molecular weight is 371 g/mol. The molecule has 1 aliphatic rings. The van der Waals surface area contributed by atoms with Gasteiger partial charge in [-0.1, -0.05) is 6.07 Å². The molecule has 1 N–H and O–H groups in total. The van der Waals surface area contributed by atoms with Gasteiger partial charge in [-0.3, -0.25) is 9.88 Å². The lowest BCUT2D eigenvalue weighted by molar-refractivity contribution is 0.0343. The van der Waals surface area contributed by atoms with Crippen molar-refractivity contribution in [2.24, 2.45) is 0 Å². The van der Waals surface area contributed by atoms with Crippen molar-refractivity contribution in [3.63, 3.8) is 0 Å². The molecule has 0 amide bonds. The molecule has 1 aromatic heterocycles. The second kappa shape index (κ2) is 10.3. The fourth-order valence-electron chi connectivity index (χ4n) is 3.11. The average Bonchev–Trinajstić information content (AvgIpc) is 2.72. The van der Waals surface area contributed by atoms with E-state index in [4.69, 9.17) is 14.2 Å². The number of aromatic nitrogens is 1. The van der Waals surface area contributed by atoms with Crippen molar-refractivity contribution in [3.8, 4) is 11.5 Å². The summed E-state index contributed by atoms with van der Waals surface area (Å²) in [5.41, 5.74) is 2.26. The maximum absolute atomic E-state index is 5.90. The van der Waals surface area contributed by atoms with Crippen molar-refractivity contribution in [2.45, 2.75) is 26.1 Å². The first-order valence-electron chi connectivity index (χ1n) is 9.46. The van der Waals surface area contributed by atoms with Gasteiger partial charge in [0.2, 0.25) is 0 Å². The molecule has 1 atom stereocenters. The molecular formula is C21H29N3O3. The van der Waals surface area contributed by atoms with Gasteiger partial charge >= 0.3 is 0 Å². The molecule has 146 valence electrons. The summed E-state index contributed by atoms with van der Waals surface area (Å²) < 4.78 is 16.8. The third kappa shape index (κ3) is 6.20. The molecule has 1 fully saturated rings. The molecule has 2 heterocycles. The summed E-state index contributed by atoms with van der Waals surface area (Å²) in [7, 11) is 1.67. The molecule has 1 saturated heterocycles. The molecule has 27 heavy (non-hydrogen) atoms. The lowest BCUT2D eigenvalue weighted by Gasteiger charge is -2.29. The Kier molecular flexibility index (Phi) is 7.45.